The maximum absolute atomic E-state index is 7.44. The molecule has 6 N–H and O–H groups in total. The highest BCUT2D eigenvalue weighted by atomic mass is 35.5. The average Bonchev–Trinajstić information content (AvgIpc) is 3.05. The van der Waals surface area contributed by atoms with Gasteiger partial charge in [0, 0.05) is 41.3 Å². The normalized spacial score (nSPS) is 10.0. The predicted octanol–water partition coefficient (Wildman–Crippen LogP) is 1.79. The molecular formula is C15H14ClN7O. The van der Waals surface area contributed by atoms with Crippen LogP contribution in [0.1, 0.15) is 11.3 Å². The summed E-state index contributed by atoms with van der Waals surface area (Å²) < 4.78 is 5.32. The Kier molecular flexibility index (Phi) is 4.90. The van der Waals surface area contributed by atoms with Crippen molar-refractivity contribution in [3.63, 3.8) is 0 Å². The van der Waals surface area contributed by atoms with Gasteiger partial charge in [0.2, 0.25) is 0 Å². The van der Waals surface area contributed by atoms with Crippen molar-refractivity contribution in [1.29, 1.82) is 10.8 Å². The van der Waals surface area contributed by atoms with Crippen molar-refractivity contribution in [2.45, 2.75) is 0 Å². The van der Waals surface area contributed by atoms with E-state index in [2.05, 4.69) is 15.1 Å². The summed E-state index contributed by atoms with van der Waals surface area (Å²) in [6.45, 7) is 0. The molecule has 0 amide bonds. The number of hydrogen-bond donors (Lipinski definition) is 4. The molecule has 8 nitrogen and oxygen atoms in total. The Hall–Kier alpha value is -3.26. The molecule has 0 fully saturated rings. The van der Waals surface area contributed by atoms with Crippen molar-refractivity contribution < 1.29 is 4.52 Å². The second-order valence-electron chi connectivity index (χ2n) is 4.80. The molecule has 0 unspecified atom stereocenters. The smallest absolute Gasteiger partial charge is 0.169 e. The topological polar surface area (TPSA) is 152 Å². The fourth-order valence-corrected chi connectivity index (χ4v) is 1.97. The monoisotopic (exact) mass is 343 g/mol. The zero-order valence-corrected chi connectivity index (χ0v) is 13.2. The van der Waals surface area contributed by atoms with E-state index in [0.29, 0.717) is 28.3 Å². The van der Waals surface area contributed by atoms with Crippen LogP contribution in [0.15, 0.2) is 47.4 Å². The van der Waals surface area contributed by atoms with Crippen LogP contribution >= 0.6 is 12.4 Å². The van der Waals surface area contributed by atoms with E-state index in [1.54, 1.807) is 36.7 Å². The highest BCUT2D eigenvalue weighted by Gasteiger charge is 2.11. The molecule has 0 aromatic carbocycles. The Morgan fingerprint density at radius 1 is 0.958 bits per heavy atom. The van der Waals surface area contributed by atoms with Gasteiger partial charge in [-0.15, -0.1) is 12.4 Å². The number of aromatic nitrogens is 3. The second kappa shape index (κ2) is 6.88. The summed E-state index contributed by atoms with van der Waals surface area (Å²) in [5.74, 6) is 0.346. The first kappa shape index (κ1) is 17.1. The van der Waals surface area contributed by atoms with E-state index in [0.717, 1.165) is 5.56 Å². The van der Waals surface area contributed by atoms with E-state index in [4.69, 9.17) is 26.8 Å². The average molecular weight is 344 g/mol. The summed E-state index contributed by atoms with van der Waals surface area (Å²) >= 11 is 0. The molecule has 0 atom stereocenters. The number of halogens is 1. The van der Waals surface area contributed by atoms with Gasteiger partial charge in [-0.25, -0.2) is 0 Å². The number of nitrogens with two attached hydrogens (primary N) is 2. The summed E-state index contributed by atoms with van der Waals surface area (Å²) in [5.41, 5.74) is 13.7. The maximum atomic E-state index is 7.44. The Labute approximate surface area is 143 Å². The van der Waals surface area contributed by atoms with E-state index in [9.17, 15) is 0 Å². The molecule has 122 valence electrons. The van der Waals surface area contributed by atoms with E-state index in [1.807, 2.05) is 0 Å². The van der Waals surface area contributed by atoms with Gasteiger partial charge in [0.15, 0.2) is 5.76 Å². The first-order chi connectivity index (χ1) is 11.0. The molecule has 0 saturated carbocycles. The molecule has 0 aliphatic heterocycles. The lowest BCUT2D eigenvalue weighted by Gasteiger charge is -1.99. The number of nitrogens with zero attached hydrogens (tertiary/aromatic N) is 3. The highest BCUT2D eigenvalue weighted by molar-refractivity contribution is 5.95. The standard InChI is InChI=1S/C15H13N7O.ClH/c16-14(17)10-3-9(5-20-6-10)13-4-12(22-23-13)8-1-2-11(15(18)19)21-7-8;/h1-7H,(H3,16,17)(H3,18,19);1H. The molecule has 3 rings (SSSR count). The summed E-state index contributed by atoms with van der Waals surface area (Å²) in [6.07, 6.45) is 4.68. The first-order valence-corrected chi connectivity index (χ1v) is 6.62. The molecule has 9 heteroatoms. The van der Waals surface area contributed by atoms with Crippen LogP contribution < -0.4 is 11.5 Å². The number of hydrogen-bond acceptors (Lipinski definition) is 6. The third-order valence-electron chi connectivity index (χ3n) is 3.18. The summed E-state index contributed by atoms with van der Waals surface area (Å²) in [7, 11) is 0. The lowest BCUT2D eigenvalue weighted by Crippen LogP contribution is -2.12. The second-order valence-corrected chi connectivity index (χ2v) is 4.80. The van der Waals surface area contributed by atoms with Crippen LogP contribution in [0.5, 0.6) is 0 Å². The molecule has 0 spiro atoms. The first-order valence-electron chi connectivity index (χ1n) is 6.62. The van der Waals surface area contributed by atoms with Crippen molar-refractivity contribution in [1.82, 2.24) is 15.1 Å². The van der Waals surface area contributed by atoms with Crippen molar-refractivity contribution in [3.05, 3.63) is 54.1 Å². The third-order valence-corrected chi connectivity index (χ3v) is 3.18. The SMILES string of the molecule is Cl.N=C(N)c1cncc(-c2cc(-c3ccc(C(=N)N)nc3)no2)c1. The van der Waals surface area contributed by atoms with Crippen molar-refractivity contribution in [3.8, 4) is 22.6 Å². The van der Waals surface area contributed by atoms with E-state index >= 15 is 0 Å². The Bertz CT molecular complexity index is 889. The van der Waals surface area contributed by atoms with Gasteiger partial charge >= 0.3 is 0 Å². The van der Waals surface area contributed by atoms with Crippen LogP contribution in [0.3, 0.4) is 0 Å². The van der Waals surface area contributed by atoms with Gasteiger partial charge in [0.25, 0.3) is 0 Å². The van der Waals surface area contributed by atoms with Gasteiger partial charge < -0.3 is 16.0 Å². The van der Waals surface area contributed by atoms with E-state index < -0.39 is 0 Å². The van der Waals surface area contributed by atoms with Gasteiger partial charge in [0.1, 0.15) is 23.1 Å². The third kappa shape index (κ3) is 3.39. The van der Waals surface area contributed by atoms with Crippen LogP contribution in [-0.4, -0.2) is 26.8 Å². The van der Waals surface area contributed by atoms with Gasteiger partial charge in [-0.1, -0.05) is 5.16 Å². The van der Waals surface area contributed by atoms with Gasteiger partial charge in [-0.05, 0) is 18.2 Å². The Morgan fingerprint density at radius 3 is 2.38 bits per heavy atom. The quantitative estimate of drug-likeness (QED) is 0.418. The van der Waals surface area contributed by atoms with Crippen LogP contribution in [0, 0.1) is 10.8 Å². The van der Waals surface area contributed by atoms with Crippen molar-refractivity contribution >= 4 is 24.1 Å². The molecule has 0 aliphatic carbocycles. The predicted molar refractivity (Wildman–Crippen MR) is 92.2 cm³/mol. The number of amidine groups is 2. The molecule has 0 saturated heterocycles. The minimum Gasteiger partial charge on any atom is -0.384 e. The molecule has 3 aromatic heterocycles. The summed E-state index contributed by atoms with van der Waals surface area (Å²) in [4.78, 5) is 8.12. The van der Waals surface area contributed by atoms with E-state index in [-0.39, 0.29) is 24.1 Å². The minimum absolute atomic E-state index is 0. The molecule has 3 heterocycles. The molecule has 3 aromatic rings. The largest absolute Gasteiger partial charge is 0.384 e. The van der Waals surface area contributed by atoms with Gasteiger partial charge in [0.05, 0.1) is 0 Å². The zero-order valence-electron chi connectivity index (χ0n) is 12.4. The van der Waals surface area contributed by atoms with Crippen LogP contribution in [-0.2, 0) is 0 Å². The summed E-state index contributed by atoms with van der Waals surface area (Å²) in [6, 6.07) is 6.85. The maximum Gasteiger partial charge on any atom is 0.169 e. The Morgan fingerprint density at radius 2 is 1.75 bits per heavy atom. The fourth-order valence-electron chi connectivity index (χ4n) is 1.97. The molecule has 24 heavy (non-hydrogen) atoms. The van der Waals surface area contributed by atoms with Gasteiger partial charge in [-0.2, -0.15) is 0 Å². The molecular weight excluding hydrogens is 330 g/mol. The lowest BCUT2D eigenvalue weighted by atomic mass is 10.1. The number of pyridine rings is 2. The zero-order chi connectivity index (χ0) is 16.4. The van der Waals surface area contributed by atoms with E-state index in [1.165, 1.54) is 6.20 Å². The van der Waals surface area contributed by atoms with Crippen LogP contribution in [0.4, 0.5) is 0 Å². The molecule has 0 radical (unpaired) electrons. The van der Waals surface area contributed by atoms with Gasteiger partial charge in [-0.3, -0.25) is 20.8 Å². The van der Waals surface area contributed by atoms with Crippen LogP contribution in [0.2, 0.25) is 0 Å². The minimum atomic E-state index is -0.0930. The van der Waals surface area contributed by atoms with Crippen molar-refractivity contribution in [2.75, 3.05) is 0 Å². The molecule has 0 bridgehead atoms. The summed E-state index contributed by atoms with van der Waals surface area (Å²) in [5, 5.41) is 18.8. The fraction of sp³-hybridized carbons (Fsp3) is 0. The number of rotatable bonds is 4. The molecule has 0 aliphatic rings. The van der Waals surface area contributed by atoms with Crippen LogP contribution in [0.25, 0.3) is 22.6 Å². The Balaban J connectivity index is 0.00000208. The van der Waals surface area contributed by atoms with Crippen molar-refractivity contribution in [2.24, 2.45) is 11.5 Å². The number of nitrogen functional groups attached to an aromatic ring is 2. The highest BCUT2D eigenvalue weighted by Crippen LogP contribution is 2.25. The lowest BCUT2D eigenvalue weighted by molar-refractivity contribution is 0.435. The number of nitrogens with one attached hydrogen (secondary N) is 2.